The van der Waals surface area contributed by atoms with Crippen LogP contribution in [-0.4, -0.2) is 34.9 Å². The van der Waals surface area contributed by atoms with Crippen molar-refractivity contribution in [3.05, 3.63) is 68.1 Å². The van der Waals surface area contributed by atoms with Gasteiger partial charge in [-0.15, -0.1) is 0 Å². The van der Waals surface area contributed by atoms with Crippen LogP contribution in [0.5, 0.6) is 17.2 Å². The van der Waals surface area contributed by atoms with E-state index in [1.54, 1.807) is 36.5 Å². The van der Waals surface area contributed by atoms with E-state index in [0.717, 1.165) is 0 Å². The summed E-state index contributed by atoms with van der Waals surface area (Å²) in [6.45, 7) is -0.646. The molecule has 4 rings (SSSR count). The van der Waals surface area contributed by atoms with Gasteiger partial charge in [0, 0.05) is 11.8 Å². The number of para-hydroxylation sites is 1. The number of aromatic hydroxyl groups is 1. The minimum Gasteiger partial charge on any atom is -0.503 e. The summed E-state index contributed by atoms with van der Waals surface area (Å²) in [5.74, 6) is 0.568. The van der Waals surface area contributed by atoms with Crippen molar-refractivity contribution >= 4 is 34.0 Å². The lowest BCUT2D eigenvalue weighted by Crippen LogP contribution is -2.22. The molecule has 154 valence electrons. The molecule has 2 aromatic heterocycles. The lowest BCUT2D eigenvalue weighted by Gasteiger charge is -2.07. The second kappa shape index (κ2) is 8.33. The van der Waals surface area contributed by atoms with Crippen LogP contribution in [0.1, 0.15) is 5.56 Å². The van der Waals surface area contributed by atoms with Gasteiger partial charge in [0.2, 0.25) is 0 Å². The molecule has 0 atom stereocenters. The van der Waals surface area contributed by atoms with Crippen LogP contribution in [0, 0.1) is 0 Å². The van der Waals surface area contributed by atoms with Gasteiger partial charge in [-0.2, -0.15) is 0 Å². The second-order valence-corrected chi connectivity index (χ2v) is 7.70. The molecule has 0 fully saturated rings. The van der Waals surface area contributed by atoms with Gasteiger partial charge in [0.25, 0.3) is 5.56 Å². The summed E-state index contributed by atoms with van der Waals surface area (Å²) < 4.78 is 24.9. The number of halogens is 2. The predicted molar refractivity (Wildman–Crippen MR) is 115 cm³/mol. The van der Waals surface area contributed by atoms with Gasteiger partial charge in [-0.05, 0) is 35.9 Å². The number of benzene rings is 2. The fourth-order valence-corrected chi connectivity index (χ4v) is 4.17. The van der Waals surface area contributed by atoms with Gasteiger partial charge in [-0.1, -0.05) is 35.1 Å². The Morgan fingerprint density at radius 2 is 2.10 bits per heavy atom. The zero-order chi connectivity index (χ0) is 21.3. The Kier molecular flexibility index (Phi) is 5.61. The fourth-order valence-electron chi connectivity index (χ4n) is 3.00. The number of methoxy groups -OCH3 is 1. The standard InChI is InChI=1S/C21H16ClFN2O4S/c1-28-17-9-12(8-14(22)19(17)26)10-18-20(27)25-11-15(24-21(25)30-18)13-4-2-3-5-16(13)29-7-6-23/h2-5,8-11,26H,6-7H2,1H3. The van der Waals surface area contributed by atoms with Crippen molar-refractivity contribution in [3.63, 3.8) is 0 Å². The highest BCUT2D eigenvalue weighted by molar-refractivity contribution is 7.15. The smallest absolute Gasteiger partial charge is 0.274 e. The summed E-state index contributed by atoms with van der Waals surface area (Å²) in [7, 11) is 1.42. The number of aromatic nitrogens is 2. The van der Waals surface area contributed by atoms with E-state index in [-0.39, 0.29) is 28.7 Å². The molecule has 0 unspecified atom stereocenters. The van der Waals surface area contributed by atoms with Crippen LogP contribution in [0.25, 0.3) is 22.3 Å². The van der Waals surface area contributed by atoms with Crippen molar-refractivity contribution in [2.45, 2.75) is 0 Å². The van der Waals surface area contributed by atoms with Gasteiger partial charge in [0.1, 0.15) is 19.0 Å². The molecule has 0 radical (unpaired) electrons. The zero-order valence-corrected chi connectivity index (χ0v) is 17.3. The largest absolute Gasteiger partial charge is 0.503 e. The molecule has 0 saturated heterocycles. The van der Waals surface area contributed by atoms with Crippen LogP contribution in [-0.2, 0) is 0 Å². The number of hydrogen-bond donors (Lipinski definition) is 1. The van der Waals surface area contributed by atoms with Crippen molar-refractivity contribution in [1.82, 2.24) is 9.38 Å². The zero-order valence-electron chi connectivity index (χ0n) is 15.8. The third kappa shape index (κ3) is 3.71. The number of phenolic OH excluding ortho intramolecular Hbond substituents is 1. The van der Waals surface area contributed by atoms with Crippen LogP contribution < -0.4 is 19.6 Å². The maximum absolute atomic E-state index is 12.8. The van der Waals surface area contributed by atoms with Crippen molar-refractivity contribution < 1.29 is 19.0 Å². The highest BCUT2D eigenvalue weighted by atomic mass is 35.5. The number of imidazole rings is 1. The third-order valence-electron chi connectivity index (χ3n) is 4.37. The lowest BCUT2D eigenvalue weighted by atomic mass is 10.1. The number of ether oxygens (including phenoxy) is 2. The van der Waals surface area contributed by atoms with E-state index in [2.05, 4.69) is 4.98 Å². The normalized spacial score (nSPS) is 11.9. The first kappa shape index (κ1) is 20.2. The van der Waals surface area contributed by atoms with Gasteiger partial charge in [-0.3, -0.25) is 9.20 Å². The number of rotatable bonds is 6. The Hall–Kier alpha value is -3.10. The Balaban J connectivity index is 1.77. The first-order valence-corrected chi connectivity index (χ1v) is 10.1. The van der Waals surface area contributed by atoms with E-state index in [0.29, 0.717) is 32.1 Å². The van der Waals surface area contributed by atoms with Crippen LogP contribution in [0.15, 0.2) is 47.4 Å². The maximum Gasteiger partial charge on any atom is 0.274 e. The quantitative estimate of drug-likeness (QED) is 0.489. The summed E-state index contributed by atoms with van der Waals surface area (Å²) in [6, 6.07) is 10.3. The molecule has 30 heavy (non-hydrogen) atoms. The van der Waals surface area contributed by atoms with Gasteiger partial charge in [-0.25, -0.2) is 9.37 Å². The molecule has 9 heteroatoms. The SMILES string of the molecule is COc1cc(C=c2sc3nc(-c4ccccc4OCCF)cn3c2=O)cc(Cl)c1O. The summed E-state index contributed by atoms with van der Waals surface area (Å²) in [5, 5.41) is 9.99. The molecule has 0 amide bonds. The molecule has 0 bridgehead atoms. The summed E-state index contributed by atoms with van der Waals surface area (Å²) in [4.78, 5) is 17.9. The van der Waals surface area contributed by atoms with Crippen molar-refractivity contribution in [1.29, 1.82) is 0 Å². The van der Waals surface area contributed by atoms with Gasteiger partial charge in [0.05, 0.1) is 22.4 Å². The molecule has 0 aliphatic heterocycles. The van der Waals surface area contributed by atoms with E-state index in [1.807, 2.05) is 12.1 Å². The molecule has 0 saturated carbocycles. The number of thiazole rings is 1. The molecule has 1 N–H and O–H groups in total. The predicted octanol–water partition coefficient (Wildman–Crippen LogP) is 3.69. The summed E-state index contributed by atoms with van der Waals surface area (Å²) in [5.41, 5.74) is 1.62. The van der Waals surface area contributed by atoms with E-state index >= 15 is 0 Å². The topological polar surface area (TPSA) is 73.1 Å². The molecule has 6 nitrogen and oxygen atoms in total. The number of alkyl halides is 1. The number of fused-ring (bicyclic) bond motifs is 1. The molecule has 0 aliphatic carbocycles. The molecule has 0 spiro atoms. The third-order valence-corrected chi connectivity index (χ3v) is 5.64. The van der Waals surface area contributed by atoms with Gasteiger partial charge in [0.15, 0.2) is 16.5 Å². The molecule has 2 heterocycles. The van der Waals surface area contributed by atoms with Crippen molar-refractivity contribution in [2.24, 2.45) is 0 Å². The Morgan fingerprint density at radius 3 is 2.83 bits per heavy atom. The molecule has 4 aromatic rings. The van der Waals surface area contributed by atoms with E-state index in [4.69, 9.17) is 21.1 Å². The van der Waals surface area contributed by atoms with Gasteiger partial charge < -0.3 is 14.6 Å². The average Bonchev–Trinajstić information content (AvgIpc) is 3.28. The lowest BCUT2D eigenvalue weighted by molar-refractivity contribution is 0.274. The fraction of sp³-hybridized carbons (Fsp3) is 0.143. The van der Waals surface area contributed by atoms with E-state index < -0.39 is 6.67 Å². The molecule has 2 aromatic carbocycles. The second-order valence-electron chi connectivity index (χ2n) is 6.28. The molecular formula is C21H16ClFN2O4S. The monoisotopic (exact) mass is 446 g/mol. The highest BCUT2D eigenvalue weighted by Gasteiger charge is 2.14. The van der Waals surface area contributed by atoms with Crippen LogP contribution in [0.2, 0.25) is 5.02 Å². The first-order valence-electron chi connectivity index (χ1n) is 8.90. The number of nitrogens with zero attached hydrogens (tertiary/aromatic N) is 2. The maximum atomic E-state index is 12.8. The van der Waals surface area contributed by atoms with Gasteiger partial charge >= 0.3 is 0 Å². The van der Waals surface area contributed by atoms with Crippen LogP contribution in [0.4, 0.5) is 4.39 Å². The Labute approximate surface area is 179 Å². The number of phenols is 1. The van der Waals surface area contributed by atoms with E-state index in [9.17, 15) is 14.3 Å². The van der Waals surface area contributed by atoms with Crippen LogP contribution >= 0.6 is 22.9 Å². The average molecular weight is 447 g/mol. The molecule has 0 aliphatic rings. The minimum atomic E-state index is -0.595. The van der Waals surface area contributed by atoms with E-state index in [1.165, 1.54) is 22.8 Å². The highest BCUT2D eigenvalue weighted by Crippen LogP contribution is 2.35. The van der Waals surface area contributed by atoms with Crippen LogP contribution in [0.3, 0.4) is 0 Å². The summed E-state index contributed by atoms with van der Waals surface area (Å²) in [6.07, 6.45) is 3.29. The molecular weight excluding hydrogens is 431 g/mol. The number of hydrogen-bond acceptors (Lipinski definition) is 6. The van der Waals surface area contributed by atoms with Crippen molar-refractivity contribution in [2.75, 3.05) is 20.4 Å². The Morgan fingerprint density at radius 1 is 1.30 bits per heavy atom. The minimum absolute atomic E-state index is 0.0518. The summed E-state index contributed by atoms with van der Waals surface area (Å²) >= 11 is 7.24. The first-order chi connectivity index (χ1) is 14.5. The van der Waals surface area contributed by atoms with Crippen molar-refractivity contribution in [3.8, 4) is 28.5 Å². The Bertz CT molecular complexity index is 1340.